The molecule has 0 radical (unpaired) electrons. The largest absolute Gasteiger partial charge is 0.460 e. The van der Waals surface area contributed by atoms with Crippen molar-refractivity contribution in [2.24, 2.45) is 187 Å². The summed E-state index contributed by atoms with van der Waals surface area (Å²) < 4.78 is 18.0. The van der Waals surface area contributed by atoms with E-state index >= 15 is 9.59 Å². The lowest BCUT2D eigenvalue weighted by atomic mass is 9.53. The third-order valence-electron chi connectivity index (χ3n) is 33.8. The second kappa shape index (κ2) is 38.9. The highest BCUT2D eigenvalue weighted by Gasteiger charge is 2.77. The first-order valence-electron chi connectivity index (χ1n) is 48.4. The molecule has 0 aliphatic heterocycles. The number of ether oxygens (including phenoxy) is 3. The first-order valence-corrected chi connectivity index (χ1v) is 48.4. The van der Waals surface area contributed by atoms with Gasteiger partial charge in [0.05, 0.1) is 21.7 Å². The number of allylic oxidation sites excluding steroid dienone is 14. The number of esters is 3. The van der Waals surface area contributed by atoms with Crippen molar-refractivity contribution < 1.29 is 45.8 Å². The molecular formula is C112H175N3O9. The summed E-state index contributed by atoms with van der Waals surface area (Å²) in [6.07, 6.45) is 40.4. The van der Waals surface area contributed by atoms with Gasteiger partial charge in [0.2, 0.25) is 17.7 Å². The minimum atomic E-state index is -0.845. The van der Waals surface area contributed by atoms with Crippen LogP contribution in [0.5, 0.6) is 0 Å². The average Bonchev–Trinajstić information content (AvgIpc) is 1.51. The van der Waals surface area contributed by atoms with Gasteiger partial charge in [0.25, 0.3) is 0 Å². The zero-order valence-electron chi connectivity index (χ0n) is 82.2. The normalized spacial score (nSPS) is 39.4. The summed E-state index contributed by atoms with van der Waals surface area (Å²) in [5.74, 6) is 8.46. The van der Waals surface area contributed by atoms with Gasteiger partial charge in [0.1, 0.15) is 16.8 Å². The molecule has 32 atom stereocenters. The molecule has 0 bridgehead atoms. The molecule has 0 aromatic rings. The van der Waals surface area contributed by atoms with Gasteiger partial charge in [-0.05, 0) is 395 Å². The number of hydrogen-bond donors (Lipinski definition) is 0. The Morgan fingerprint density at radius 1 is 0.347 bits per heavy atom. The number of nitrogens with zero attached hydrogens (tertiary/aromatic N) is 3. The number of carbonyl (C=O) groups is 6. The fourth-order valence-corrected chi connectivity index (χ4v) is 29.6. The summed E-state index contributed by atoms with van der Waals surface area (Å²) in [6.45, 7) is 102. The van der Waals surface area contributed by atoms with Crippen LogP contribution in [0.1, 0.15) is 253 Å². The van der Waals surface area contributed by atoms with E-state index in [4.69, 9.17) is 14.2 Å². The summed E-state index contributed by atoms with van der Waals surface area (Å²) >= 11 is 0. The van der Waals surface area contributed by atoms with E-state index in [-0.39, 0.29) is 140 Å². The second-order valence-electron chi connectivity index (χ2n) is 45.9. The molecule has 10 saturated carbocycles. The number of amides is 3. The zero-order valence-corrected chi connectivity index (χ0v) is 82.2. The quantitative estimate of drug-likeness (QED) is 0.0470. The van der Waals surface area contributed by atoms with Crippen LogP contribution in [0.4, 0.5) is 0 Å². The van der Waals surface area contributed by atoms with Crippen molar-refractivity contribution in [3.8, 4) is 0 Å². The second-order valence-corrected chi connectivity index (χ2v) is 45.9. The highest BCUT2D eigenvalue weighted by molar-refractivity contribution is 5.95. The molecule has 0 saturated heterocycles. The third kappa shape index (κ3) is 18.6. The van der Waals surface area contributed by atoms with Gasteiger partial charge in [-0.15, -0.1) is 78.9 Å². The molecule has 12 heteroatoms. The van der Waals surface area contributed by atoms with Crippen molar-refractivity contribution in [3.05, 3.63) is 175 Å². The molecule has 3 amide bonds. The van der Waals surface area contributed by atoms with Crippen molar-refractivity contribution in [1.29, 1.82) is 0 Å². The van der Waals surface area contributed by atoms with Gasteiger partial charge in [0.15, 0.2) is 0 Å². The summed E-state index contributed by atoms with van der Waals surface area (Å²) in [5, 5.41) is 0. The lowest BCUT2D eigenvalue weighted by Gasteiger charge is -2.53. The van der Waals surface area contributed by atoms with Crippen LogP contribution < -0.4 is 0 Å². The fraction of sp³-hybridized carbons (Fsp3) is 0.696. The van der Waals surface area contributed by atoms with Crippen LogP contribution >= 0.6 is 0 Å². The maximum Gasteiger partial charge on any atom is 0.334 e. The Morgan fingerprint density at radius 3 is 0.968 bits per heavy atom. The first-order chi connectivity index (χ1) is 57.8. The number of carbonyl (C=O) groups excluding carboxylic acids is 6. The Morgan fingerprint density at radius 2 is 0.621 bits per heavy atom. The summed E-state index contributed by atoms with van der Waals surface area (Å²) in [6, 6.07) is 0.777. The van der Waals surface area contributed by atoms with Crippen LogP contribution in [0.15, 0.2) is 175 Å². The molecule has 0 aromatic carbocycles. The van der Waals surface area contributed by atoms with E-state index in [9.17, 15) is 19.2 Å². The Balaban J connectivity index is 0.000000242. The summed E-state index contributed by atoms with van der Waals surface area (Å²) in [4.78, 5) is 91.5. The SMILES string of the molecule is C=CC1CC(C=C)C2C1CC(C(=O)N(C(C)C)C(C)C)(C1C3C(C=C)CC(C=C)C3CC1(C)C(=O)N(C(C)C)C(C)C)C2C.C=CC1CC(C=C)C2C1CC(C(=O)OC(C)(C)C)(C1C3C(C=C)CC(C=C)C3CC1(C)C(=O)OC(C)(C)C)C2C.C=CC1CC(C=C)C2CC(C(=O)N(C(C)C)C(C)C)=CC12.C=CC1CC(C=C)C2CC(C(=O)OC(C)(C)C)=CC12.[2HH].[2HH]. The molecule has 124 heavy (non-hydrogen) atoms. The van der Waals surface area contributed by atoms with Crippen molar-refractivity contribution >= 4 is 35.6 Å². The van der Waals surface area contributed by atoms with Crippen LogP contribution in [0.25, 0.3) is 0 Å². The predicted octanol–water partition coefficient (Wildman–Crippen LogP) is 25.6. The average molecular weight is 1710 g/mol. The molecule has 12 rings (SSSR count). The molecule has 0 N–H and O–H groups in total. The lowest BCUT2D eigenvalue weighted by molar-refractivity contribution is -0.189. The minimum Gasteiger partial charge on any atom is -0.460 e. The van der Waals surface area contributed by atoms with E-state index in [2.05, 4.69) is 272 Å². The van der Waals surface area contributed by atoms with E-state index < -0.39 is 38.5 Å². The van der Waals surface area contributed by atoms with Crippen molar-refractivity contribution in [2.75, 3.05) is 0 Å². The molecule has 0 aromatic heterocycles. The van der Waals surface area contributed by atoms with Crippen LogP contribution in [0, 0.1) is 187 Å². The van der Waals surface area contributed by atoms with E-state index in [0.717, 1.165) is 75.4 Å². The van der Waals surface area contributed by atoms with E-state index in [1.807, 2.05) is 79.4 Å². The first kappa shape index (κ1) is 101. The van der Waals surface area contributed by atoms with E-state index in [1.54, 1.807) is 0 Å². The van der Waals surface area contributed by atoms with Gasteiger partial charge in [-0.2, -0.15) is 0 Å². The van der Waals surface area contributed by atoms with Crippen LogP contribution in [0.2, 0.25) is 0 Å². The highest BCUT2D eigenvalue weighted by Crippen LogP contribution is 2.77. The topological polar surface area (TPSA) is 140 Å². The Hall–Kier alpha value is -6.82. The van der Waals surface area contributed by atoms with Crippen LogP contribution in [-0.4, -0.2) is 103 Å². The predicted molar refractivity (Wildman–Crippen MR) is 517 cm³/mol. The fourth-order valence-electron chi connectivity index (χ4n) is 29.6. The molecule has 12 aliphatic carbocycles. The summed E-state index contributed by atoms with van der Waals surface area (Å²) in [5.41, 5.74) is -2.89. The minimum absolute atomic E-state index is 0. The third-order valence-corrected chi connectivity index (χ3v) is 33.8. The number of rotatable bonds is 26. The molecule has 692 valence electrons. The molecule has 10 fully saturated rings. The van der Waals surface area contributed by atoms with Gasteiger partial charge in [0, 0.05) is 50.3 Å². The zero-order chi connectivity index (χ0) is 93.0. The smallest absolute Gasteiger partial charge is 0.334 e. The molecule has 0 heterocycles. The van der Waals surface area contributed by atoms with Gasteiger partial charge >= 0.3 is 17.9 Å². The van der Waals surface area contributed by atoms with Gasteiger partial charge in [-0.3, -0.25) is 24.0 Å². The maximum absolute atomic E-state index is 15.8. The monoisotopic (exact) mass is 1710 g/mol. The molecule has 12 nitrogen and oxygen atoms in total. The van der Waals surface area contributed by atoms with Crippen molar-refractivity contribution in [1.82, 2.24) is 14.7 Å². The number of fused-ring (bicyclic) bond motifs is 6. The van der Waals surface area contributed by atoms with Gasteiger partial charge < -0.3 is 28.9 Å². The van der Waals surface area contributed by atoms with Crippen LogP contribution in [0.3, 0.4) is 0 Å². The lowest BCUT2D eigenvalue weighted by Crippen LogP contribution is -2.61. The highest BCUT2D eigenvalue weighted by atomic mass is 16.6. The van der Waals surface area contributed by atoms with Crippen molar-refractivity contribution in [3.63, 3.8) is 0 Å². The molecule has 0 spiro atoms. The molecule has 32 unspecified atom stereocenters. The van der Waals surface area contributed by atoms with E-state index in [0.29, 0.717) is 113 Å². The standard InChI is InChI=1S/C40H64N2O2.C36H54O4.C19H29NO.C17H24O2.2H2/c1-15-28-20-31(18-4)35-32(28)21-39(14,37(43)41(23(5)6)24(7)8)36(35)40(38(44)42(25(9)10)26(11)12)22-33-29(16-2)19-30(17-3)34(33)27(40)13;1-13-22-18-25(16-4)29-26(22)19-35(12,31(37)39-33(6,7)8)30(29)36(32(38)40-34(9,10)11)20-27-23(14-2)17-24(15-3)28(27)21(36)5;1-7-14-9-15(8-2)18-11-16(10-17(14)18)19(21)20(12(3)4)13(5)6;1-6-11-8-12(7-2)15-10-13(9-14(11)15)16(18)19-17(3,4)5;;/h15-18,23-36H,1-4,19-22H2,5-14H3;13-16,21-30H,1-4,17-20H2,5-12H3;7-8,10,12-15,17-18H,1-2,9,11H2,3-6H3;6-7,9,11-12,14-15H,1-2,8,10H2,3-5H3;2*1H/i;;;;2*1+1. The van der Waals surface area contributed by atoms with Crippen LogP contribution in [-0.2, 0) is 43.0 Å². The molecular weight excluding hydrogens is 1530 g/mol. The van der Waals surface area contributed by atoms with Gasteiger partial charge in [-0.25, -0.2) is 4.79 Å². The number of hydrogen-bond acceptors (Lipinski definition) is 9. The maximum atomic E-state index is 15.8. The Labute approximate surface area is 757 Å². The van der Waals surface area contributed by atoms with Crippen molar-refractivity contribution in [2.45, 2.75) is 303 Å². The Kier molecular flexibility index (Phi) is 31.6. The Bertz CT molecular complexity index is 4050. The summed E-state index contributed by atoms with van der Waals surface area (Å²) in [7, 11) is 0. The molecule has 12 aliphatic rings. The van der Waals surface area contributed by atoms with Gasteiger partial charge in [-0.1, -0.05) is 106 Å². The van der Waals surface area contributed by atoms with E-state index in [1.165, 1.54) is 0 Å².